The van der Waals surface area contributed by atoms with Gasteiger partial charge in [0.15, 0.2) is 12.4 Å². The molecule has 1 saturated heterocycles. The van der Waals surface area contributed by atoms with Crippen molar-refractivity contribution >= 4 is 11.9 Å². The smallest absolute Gasteiger partial charge is 0.332 e. The van der Waals surface area contributed by atoms with Crippen LogP contribution in [0.5, 0.6) is 0 Å². The second-order valence-electron chi connectivity index (χ2n) is 5.51. The maximum Gasteiger partial charge on any atom is 0.332 e. The number of carbonyl (C=O) groups is 2. The largest absolute Gasteiger partial charge is 0.479 e. The van der Waals surface area contributed by atoms with E-state index in [0.29, 0.717) is 0 Å². The molecule has 6 atom stereocenters. The summed E-state index contributed by atoms with van der Waals surface area (Å²) in [7, 11) is 0. The van der Waals surface area contributed by atoms with Crippen LogP contribution in [-0.2, 0) is 19.1 Å². The molecule has 1 rings (SSSR count). The number of rotatable bonds is 6. The first-order chi connectivity index (χ1) is 10.2. The van der Waals surface area contributed by atoms with Crippen LogP contribution in [0.1, 0.15) is 20.8 Å². The Balaban J connectivity index is 2.96. The molecule has 0 spiro atoms. The third-order valence-corrected chi connectivity index (χ3v) is 3.42. The normalized spacial score (nSPS) is 33.5. The van der Waals surface area contributed by atoms with Crippen molar-refractivity contribution in [2.24, 2.45) is 5.92 Å². The van der Waals surface area contributed by atoms with E-state index in [9.17, 15) is 19.8 Å². The molecule has 0 aromatic heterocycles. The van der Waals surface area contributed by atoms with Crippen LogP contribution in [0.2, 0.25) is 0 Å². The Morgan fingerprint density at radius 2 is 1.86 bits per heavy atom. The van der Waals surface area contributed by atoms with Crippen LogP contribution < -0.4 is 5.32 Å². The molecule has 9 nitrogen and oxygen atoms in total. The van der Waals surface area contributed by atoms with Crippen LogP contribution in [0.3, 0.4) is 0 Å². The van der Waals surface area contributed by atoms with Gasteiger partial charge in [-0.1, -0.05) is 13.8 Å². The van der Waals surface area contributed by atoms with Crippen molar-refractivity contribution < 1.29 is 39.5 Å². The monoisotopic (exact) mass is 321 g/mol. The number of hydrogen-bond acceptors (Lipinski definition) is 7. The van der Waals surface area contributed by atoms with E-state index in [-0.39, 0.29) is 0 Å². The van der Waals surface area contributed by atoms with E-state index in [2.05, 4.69) is 5.32 Å². The van der Waals surface area contributed by atoms with Gasteiger partial charge in [-0.2, -0.15) is 0 Å². The highest BCUT2D eigenvalue weighted by Gasteiger charge is 2.47. The van der Waals surface area contributed by atoms with Crippen molar-refractivity contribution in [1.29, 1.82) is 0 Å². The van der Waals surface area contributed by atoms with E-state index in [1.807, 2.05) is 0 Å². The van der Waals surface area contributed by atoms with E-state index in [1.54, 1.807) is 13.8 Å². The second-order valence-corrected chi connectivity index (χ2v) is 5.51. The number of amides is 1. The third kappa shape index (κ3) is 4.37. The molecule has 1 aliphatic heterocycles. The highest BCUT2D eigenvalue weighted by Crippen LogP contribution is 2.24. The number of carbonyl (C=O) groups excluding carboxylic acids is 1. The first-order valence-electron chi connectivity index (χ1n) is 7.00. The standard InChI is InChI=1S/C13H23NO8/c1-5(2)11(17)14-8-10(21-6(3)12(18)19)9(16)7(4-15)22-13(8)20/h5-10,13,15-16,20H,4H2,1-3H3,(H,14,17)(H,18,19). The fourth-order valence-electron chi connectivity index (χ4n) is 2.02. The first-order valence-corrected chi connectivity index (χ1v) is 7.00. The van der Waals surface area contributed by atoms with Crippen molar-refractivity contribution in [2.75, 3.05) is 6.61 Å². The zero-order chi connectivity index (χ0) is 17.0. The van der Waals surface area contributed by atoms with E-state index in [1.165, 1.54) is 6.92 Å². The van der Waals surface area contributed by atoms with Crippen molar-refractivity contribution in [3.05, 3.63) is 0 Å². The van der Waals surface area contributed by atoms with Gasteiger partial charge in [0.1, 0.15) is 24.4 Å². The molecule has 1 heterocycles. The molecule has 22 heavy (non-hydrogen) atoms. The zero-order valence-corrected chi connectivity index (χ0v) is 12.7. The predicted molar refractivity (Wildman–Crippen MR) is 72.7 cm³/mol. The van der Waals surface area contributed by atoms with E-state index < -0.39 is 61.1 Å². The Morgan fingerprint density at radius 1 is 1.27 bits per heavy atom. The zero-order valence-electron chi connectivity index (χ0n) is 12.7. The van der Waals surface area contributed by atoms with Crippen LogP contribution in [0.25, 0.3) is 0 Å². The minimum Gasteiger partial charge on any atom is -0.479 e. The highest BCUT2D eigenvalue weighted by atomic mass is 16.6. The summed E-state index contributed by atoms with van der Waals surface area (Å²) in [5.41, 5.74) is 0. The number of hydrogen-bond donors (Lipinski definition) is 5. The lowest BCUT2D eigenvalue weighted by atomic mass is 9.96. The molecule has 1 amide bonds. The van der Waals surface area contributed by atoms with Gasteiger partial charge in [0.25, 0.3) is 0 Å². The topological polar surface area (TPSA) is 146 Å². The summed E-state index contributed by atoms with van der Waals surface area (Å²) < 4.78 is 10.3. The number of aliphatic hydroxyl groups excluding tert-OH is 3. The summed E-state index contributed by atoms with van der Waals surface area (Å²) in [4.78, 5) is 22.7. The number of carboxylic acid groups (broad SMARTS) is 1. The molecule has 0 aromatic carbocycles. The van der Waals surface area contributed by atoms with Gasteiger partial charge in [0, 0.05) is 5.92 Å². The number of ether oxygens (including phenoxy) is 2. The SMILES string of the molecule is CC(C)C(=O)NC1C(O)OC(CO)C(O)C1OC(C)C(=O)O. The summed E-state index contributed by atoms with van der Waals surface area (Å²) in [6.07, 6.45) is -6.62. The van der Waals surface area contributed by atoms with Gasteiger partial charge < -0.3 is 35.2 Å². The number of aliphatic carboxylic acids is 1. The Kier molecular flexibility index (Phi) is 6.69. The van der Waals surface area contributed by atoms with Gasteiger partial charge in [-0.3, -0.25) is 4.79 Å². The lowest BCUT2D eigenvalue weighted by Gasteiger charge is -2.43. The fraction of sp³-hybridized carbons (Fsp3) is 0.846. The molecule has 128 valence electrons. The van der Waals surface area contributed by atoms with Crippen LogP contribution in [0, 0.1) is 5.92 Å². The van der Waals surface area contributed by atoms with Crippen LogP contribution in [0.15, 0.2) is 0 Å². The Labute approximate surface area is 127 Å². The van der Waals surface area contributed by atoms with E-state index in [4.69, 9.17) is 19.7 Å². The van der Waals surface area contributed by atoms with Crippen molar-refractivity contribution in [1.82, 2.24) is 5.32 Å². The molecular formula is C13H23NO8. The highest BCUT2D eigenvalue weighted by molar-refractivity contribution is 5.78. The molecule has 0 bridgehead atoms. The number of carboxylic acids is 1. The second kappa shape index (κ2) is 7.84. The minimum absolute atomic E-state index is 0.391. The average Bonchev–Trinajstić information content (AvgIpc) is 2.45. The summed E-state index contributed by atoms with van der Waals surface area (Å²) >= 11 is 0. The molecule has 0 radical (unpaired) electrons. The van der Waals surface area contributed by atoms with Gasteiger partial charge in [-0.15, -0.1) is 0 Å². The predicted octanol–water partition coefficient (Wildman–Crippen LogP) is -1.94. The van der Waals surface area contributed by atoms with Crippen molar-refractivity contribution in [3.8, 4) is 0 Å². The molecule has 1 fully saturated rings. The maximum atomic E-state index is 11.8. The maximum absolute atomic E-state index is 11.8. The van der Waals surface area contributed by atoms with Gasteiger partial charge in [0.05, 0.1) is 6.61 Å². The number of aliphatic hydroxyl groups is 3. The lowest BCUT2D eigenvalue weighted by molar-refractivity contribution is -0.267. The summed E-state index contributed by atoms with van der Waals surface area (Å²) in [6.45, 7) is 3.93. The molecule has 0 aromatic rings. The van der Waals surface area contributed by atoms with Gasteiger partial charge in [-0.05, 0) is 6.92 Å². The summed E-state index contributed by atoms with van der Waals surface area (Å²) in [5, 5.41) is 40.6. The van der Waals surface area contributed by atoms with E-state index in [0.717, 1.165) is 0 Å². The van der Waals surface area contributed by atoms with Crippen LogP contribution in [-0.4, -0.2) is 75.7 Å². The van der Waals surface area contributed by atoms with Gasteiger partial charge in [0.2, 0.25) is 5.91 Å². The average molecular weight is 321 g/mol. The third-order valence-electron chi connectivity index (χ3n) is 3.42. The molecular weight excluding hydrogens is 298 g/mol. The van der Waals surface area contributed by atoms with Crippen LogP contribution in [0.4, 0.5) is 0 Å². The Morgan fingerprint density at radius 3 is 2.32 bits per heavy atom. The Hall–Kier alpha value is -1.26. The van der Waals surface area contributed by atoms with E-state index >= 15 is 0 Å². The first kappa shape index (κ1) is 18.8. The van der Waals surface area contributed by atoms with Crippen molar-refractivity contribution in [3.63, 3.8) is 0 Å². The number of nitrogens with one attached hydrogen (secondary N) is 1. The molecule has 6 unspecified atom stereocenters. The molecule has 1 aliphatic rings. The quantitative estimate of drug-likeness (QED) is 0.380. The van der Waals surface area contributed by atoms with Crippen molar-refractivity contribution in [2.45, 2.75) is 57.5 Å². The van der Waals surface area contributed by atoms with Crippen LogP contribution >= 0.6 is 0 Å². The Bertz CT molecular complexity index is 402. The van der Waals surface area contributed by atoms with Gasteiger partial charge in [-0.25, -0.2) is 4.79 Å². The fourth-order valence-corrected chi connectivity index (χ4v) is 2.02. The van der Waals surface area contributed by atoms with Gasteiger partial charge >= 0.3 is 5.97 Å². The summed E-state index contributed by atoms with van der Waals surface area (Å²) in [6, 6.07) is -1.16. The molecule has 5 N–H and O–H groups in total. The minimum atomic E-state index is -1.55. The molecule has 9 heteroatoms. The molecule has 0 aliphatic carbocycles. The molecule has 0 saturated carbocycles. The lowest BCUT2D eigenvalue weighted by Crippen LogP contribution is -2.66. The summed E-state index contributed by atoms with van der Waals surface area (Å²) in [5.74, 6) is -2.07.